The van der Waals surface area contributed by atoms with Crippen LogP contribution >= 0.6 is 0 Å². The quantitative estimate of drug-likeness (QED) is 0.416. The predicted octanol–water partition coefficient (Wildman–Crippen LogP) is 3.95. The molecule has 0 saturated carbocycles. The van der Waals surface area contributed by atoms with Crippen LogP contribution in [0.5, 0.6) is 11.5 Å². The highest BCUT2D eigenvalue weighted by Crippen LogP contribution is 2.53. The van der Waals surface area contributed by atoms with E-state index in [1.807, 2.05) is 41.4 Å². The molecule has 3 aromatic carbocycles. The minimum atomic E-state index is -0.902. The second-order valence-corrected chi connectivity index (χ2v) is 9.25. The number of amides is 2. The summed E-state index contributed by atoms with van der Waals surface area (Å²) in [7, 11) is 0. The highest BCUT2D eigenvalue weighted by Gasteiger charge is 2.64. The standard InChI is InChI=1S/C28H19FN2O5/c29-17-6-8-18(9-7-17)31-27(33)22-23(28(31)34)25(26(32)16-5-10-20-21(13-16)36-14-35-20)30-12-11-15-3-1-2-4-19(15)24(22)30/h1-13,22-25H,14H2/t22-,23-,24+,25+/m1/s1. The van der Waals surface area contributed by atoms with Gasteiger partial charge in [-0.1, -0.05) is 24.3 Å². The fourth-order valence-corrected chi connectivity index (χ4v) is 5.92. The van der Waals surface area contributed by atoms with Crippen LogP contribution in [0.3, 0.4) is 0 Å². The third kappa shape index (κ3) is 2.81. The lowest BCUT2D eigenvalue weighted by Gasteiger charge is -2.35. The van der Waals surface area contributed by atoms with Gasteiger partial charge in [-0.05, 0) is 59.7 Å². The summed E-state index contributed by atoms with van der Waals surface area (Å²) in [5, 5.41) is 0. The van der Waals surface area contributed by atoms with E-state index in [-0.39, 0.29) is 12.6 Å². The van der Waals surface area contributed by atoms with Crippen LogP contribution in [0.4, 0.5) is 10.1 Å². The number of carbonyl (C=O) groups is 3. The van der Waals surface area contributed by atoms with Crippen LogP contribution in [-0.2, 0) is 9.59 Å². The van der Waals surface area contributed by atoms with Crippen molar-refractivity contribution < 1.29 is 28.2 Å². The number of Topliss-reactive ketones (excluding diaryl/α,β-unsaturated/α-hetero) is 1. The van der Waals surface area contributed by atoms with Gasteiger partial charge in [-0.3, -0.25) is 14.4 Å². The number of anilines is 1. The SMILES string of the molecule is O=C(c1ccc2c(c1)OCO2)[C@@H]1[C@@H]2C(=O)N(c3ccc(F)cc3)C(=O)[C@H]2[C@@H]2c3ccccc3C=CN12. The first-order valence-electron chi connectivity index (χ1n) is 11.6. The van der Waals surface area contributed by atoms with Crippen LogP contribution in [0.15, 0.2) is 72.9 Å². The Labute approximate surface area is 205 Å². The topological polar surface area (TPSA) is 76.1 Å². The molecule has 0 aromatic heterocycles. The molecule has 36 heavy (non-hydrogen) atoms. The summed E-state index contributed by atoms with van der Waals surface area (Å²) < 4.78 is 24.4. The van der Waals surface area contributed by atoms with Gasteiger partial charge in [0.1, 0.15) is 11.9 Å². The number of rotatable bonds is 3. The Balaban J connectivity index is 1.36. The van der Waals surface area contributed by atoms with Gasteiger partial charge in [0.05, 0.1) is 23.6 Å². The number of ether oxygens (including phenoxy) is 2. The van der Waals surface area contributed by atoms with Crippen molar-refractivity contribution in [2.45, 2.75) is 12.1 Å². The molecule has 4 heterocycles. The first-order chi connectivity index (χ1) is 17.5. The maximum absolute atomic E-state index is 14.0. The monoisotopic (exact) mass is 482 g/mol. The molecular formula is C28H19FN2O5. The zero-order valence-electron chi connectivity index (χ0n) is 18.8. The summed E-state index contributed by atoms with van der Waals surface area (Å²) in [4.78, 5) is 44.6. The number of fused-ring (bicyclic) bond motifs is 6. The number of hydrogen-bond donors (Lipinski definition) is 0. The second-order valence-electron chi connectivity index (χ2n) is 9.25. The van der Waals surface area contributed by atoms with Crippen molar-refractivity contribution in [1.29, 1.82) is 0 Å². The number of hydrogen-bond acceptors (Lipinski definition) is 6. The van der Waals surface area contributed by atoms with Crippen LogP contribution in [-0.4, -0.2) is 35.3 Å². The Morgan fingerprint density at radius 2 is 1.64 bits per heavy atom. The first kappa shape index (κ1) is 20.9. The van der Waals surface area contributed by atoms with E-state index in [0.717, 1.165) is 16.0 Å². The largest absolute Gasteiger partial charge is 0.454 e. The molecule has 7 rings (SSSR count). The molecule has 4 aliphatic heterocycles. The van der Waals surface area contributed by atoms with Crippen molar-refractivity contribution in [3.8, 4) is 11.5 Å². The van der Waals surface area contributed by atoms with Gasteiger partial charge in [-0.15, -0.1) is 0 Å². The summed E-state index contributed by atoms with van der Waals surface area (Å²) in [5.74, 6) is -2.25. The molecule has 2 fully saturated rings. The van der Waals surface area contributed by atoms with Crippen molar-refractivity contribution in [2.75, 3.05) is 11.7 Å². The van der Waals surface area contributed by atoms with E-state index in [1.165, 1.54) is 24.3 Å². The summed E-state index contributed by atoms with van der Waals surface area (Å²) in [5.41, 5.74) is 2.49. The number of carbonyl (C=O) groups excluding carboxylic acids is 3. The molecule has 8 heteroatoms. The normalized spacial score (nSPS) is 25.1. The number of ketones is 1. The van der Waals surface area contributed by atoms with E-state index in [9.17, 15) is 18.8 Å². The van der Waals surface area contributed by atoms with E-state index >= 15 is 0 Å². The first-order valence-corrected chi connectivity index (χ1v) is 11.6. The third-order valence-corrected chi connectivity index (χ3v) is 7.47. The van der Waals surface area contributed by atoms with Gasteiger partial charge in [0, 0.05) is 11.8 Å². The molecular weight excluding hydrogens is 463 g/mol. The third-order valence-electron chi connectivity index (χ3n) is 7.47. The van der Waals surface area contributed by atoms with Gasteiger partial charge in [-0.25, -0.2) is 9.29 Å². The summed E-state index contributed by atoms with van der Waals surface area (Å²) in [6.45, 7) is 0.0778. The fourth-order valence-electron chi connectivity index (χ4n) is 5.92. The van der Waals surface area contributed by atoms with E-state index in [1.54, 1.807) is 18.2 Å². The predicted molar refractivity (Wildman–Crippen MR) is 127 cm³/mol. The molecule has 4 aliphatic rings. The minimum absolute atomic E-state index is 0.0778. The molecule has 2 amide bonds. The highest BCUT2D eigenvalue weighted by molar-refractivity contribution is 6.24. The molecule has 7 nitrogen and oxygen atoms in total. The molecule has 0 unspecified atom stereocenters. The number of nitrogens with zero attached hydrogens (tertiary/aromatic N) is 2. The lowest BCUT2D eigenvalue weighted by atomic mass is 9.83. The molecule has 0 N–H and O–H groups in total. The van der Waals surface area contributed by atoms with E-state index in [2.05, 4.69) is 0 Å². The lowest BCUT2D eigenvalue weighted by Crippen LogP contribution is -2.44. The lowest BCUT2D eigenvalue weighted by molar-refractivity contribution is -0.123. The van der Waals surface area contributed by atoms with Gasteiger partial charge in [0.25, 0.3) is 0 Å². The van der Waals surface area contributed by atoms with Gasteiger partial charge in [0.2, 0.25) is 18.6 Å². The van der Waals surface area contributed by atoms with Gasteiger partial charge in [-0.2, -0.15) is 0 Å². The van der Waals surface area contributed by atoms with E-state index in [4.69, 9.17) is 9.47 Å². The number of imide groups is 1. The van der Waals surface area contributed by atoms with Crippen molar-refractivity contribution in [2.24, 2.45) is 11.8 Å². The average molecular weight is 482 g/mol. The van der Waals surface area contributed by atoms with Crippen LogP contribution in [0.1, 0.15) is 27.5 Å². The zero-order valence-corrected chi connectivity index (χ0v) is 18.8. The van der Waals surface area contributed by atoms with Crippen LogP contribution in [0.2, 0.25) is 0 Å². The van der Waals surface area contributed by atoms with Crippen molar-refractivity contribution in [3.63, 3.8) is 0 Å². The molecule has 178 valence electrons. The number of halogens is 1. The summed E-state index contributed by atoms with van der Waals surface area (Å²) >= 11 is 0. The van der Waals surface area contributed by atoms with Gasteiger partial charge >= 0.3 is 0 Å². The van der Waals surface area contributed by atoms with E-state index in [0.29, 0.717) is 22.7 Å². The Morgan fingerprint density at radius 1 is 0.889 bits per heavy atom. The van der Waals surface area contributed by atoms with Gasteiger partial charge < -0.3 is 14.4 Å². The Morgan fingerprint density at radius 3 is 2.47 bits per heavy atom. The van der Waals surface area contributed by atoms with Crippen LogP contribution < -0.4 is 14.4 Å². The fraction of sp³-hybridized carbons (Fsp3) is 0.179. The summed E-state index contributed by atoms with van der Waals surface area (Å²) in [6.07, 6.45) is 3.71. The van der Waals surface area contributed by atoms with Gasteiger partial charge in [0.15, 0.2) is 17.3 Å². The minimum Gasteiger partial charge on any atom is -0.454 e. The van der Waals surface area contributed by atoms with Crippen LogP contribution in [0, 0.1) is 17.7 Å². The maximum atomic E-state index is 14.0. The molecule has 0 radical (unpaired) electrons. The number of benzene rings is 3. The maximum Gasteiger partial charge on any atom is 0.240 e. The van der Waals surface area contributed by atoms with Crippen molar-refractivity contribution in [1.82, 2.24) is 4.90 Å². The molecule has 0 spiro atoms. The van der Waals surface area contributed by atoms with Crippen molar-refractivity contribution in [3.05, 3.63) is 95.4 Å². The Hall–Kier alpha value is -4.46. The Bertz CT molecular complexity index is 1480. The zero-order chi connectivity index (χ0) is 24.6. The van der Waals surface area contributed by atoms with E-state index < -0.39 is 41.6 Å². The molecule has 3 aromatic rings. The van der Waals surface area contributed by atoms with Crippen molar-refractivity contribution >= 4 is 29.4 Å². The molecule has 0 aliphatic carbocycles. The molecule has 4 atom stereocenters. The Kier molecular flexibility index (Phi) is 4.36. The smallest absolute Gasteiger partial charge is 0.240 e. The van der Waals surface area contributed by atoms with Crippen LogP contribution in [0.25, 0.3) is 6.08 Å². The molecule has 0 bridgehead atoms. The highest BCUT2D eigenvalue weighted by atomic mass is 19.1. The summed E-state index contributed by atoms with van der Waals surface area (Å²) in [6, 6.07) is 16.5. The average Bonchev–Trinajstić information content (AvgIpc) is 3.57. The molecule has 2 saturated heterocycles. The second kappa shape index (κ2) is 7.52.